The highest BCUT2D eigenvalue weighted by atomic mass is 35.5. The van der Waals surface area contributed by atoms with E-state index in [1.165, 1.54) is 16.7 Å². The molecule has 0 radical (unpaired) electrons. The second-order valence-electron chi connectivity index (χ2n) is 9.82. The first-order valence-corrected chi connectivity index (χ1v) is 13.7. The summed E-state index contributed by atoms with van der Waals surface area (Å²) in [4.78, 5) is 41.9. The predicted octanol–water partition coefficient (Wildman–Crippen LogP) is 4.74. The third kappa shape index (κ3) is 4.91. The number of fused-ring (bicyclic) bond motifs is 1. The monoisotopic (exact) mass is 531 g/mol. The molecule has 3 aromatic rings. The first-order chi connectivity index (χ1) is 17.9. The van der Waals surface area contributed by atoms with E-state index in [-0.39, 0.29) is 24.1 Å². The Hall–Kier alpha value is -3.13. The summed E-state index contributed by atoms with van der Waals surface area (Å²) in [5, 5.41) is 3.59. The molecule has 8 heteroatoms. The molecule has 6 rings (SSSR count). The Morgan fingerprint density at radius 1 is 0.946 bits per heavy atom. The molecule has 2 saturated heterocycles. The van der Waals surface area contributed by atoms with Gasteiger partial charge in [-0.2, -0.15) is 0 Å². The number of halogens is 1. The smallest absolute Gasteiger partial charge is 0.255 e. The number of benzene rings is 3. The van der Waals surface area contributed by atoms with E-state index in [0.717, 1.165) is 35.1 Å². The molecule has 0 spiro atoms. The second-order valence-corrected chi connectivity index (χ2v) is 11.6. The molecule has 0 aromatic heterocycles. The van der Waals surface area contributed by atoms with Crippen molar-refractivity contribution >= 4 is 41.1 Å². The summed E-state index contributed by atoms with van der Waals surface area (Å²) >= 11 is 7.91. The number of nitrogens with one attached hydrogen (secondary N) is 1. The summed E-state index contributed by atoms with van der Waals surface area (Å²) in [5.41, 5.74) is 5.32. The van der Waals surface area contributed by atoms with Crippen LogP contribution in [0.3, 0.4) is 0 Å². The summed E-state index contributed by atoms with van der Waals surface area (Å²) < 4.78 is 0. The summed E-state index contributed by atoms with van der Waals surface area (Å²) in [5.74, 6) is -0.776. The third-order valence-corrected chi connectivity index (χ3v) is 8.70. The third-order valence-electron chi connectivity index (χ3n) is 7.29. The maximum Gasteiger partial charge on any atom is 0.255 e. The van der Waals surface area contributed by atoms with Crippen molar-refractivity contribution in [2.75, 3.05) is 13.1 Å². The minimum Gasteiger partial charge on any atom is -0.322 e. The summed E-state index contributed by atoms with van der Waals surface area (Å²) in [6, 6.07) is 21.9. The molecule has 0 bridgehead atoms. The Labute approximate surface area is 225 Å². The molecular formula is C29H26ClN3O3S. The SMILES string of the molecule is O=C1CCC(N2Cc3cc(SC4CN(Cc5ccccc5-c5ccc(Cl)cc5)C4)ccc3C2=O)C(=O)N1. The zero-order valence-electron chi connectivity index (χ0n) is 20.2. The van der Waals surface area contributed by atoms with E-state index in [9.17, 15) is 14.4 Å². The Balaban J connectivity index is 1.07. The zero-order chi connectivity index (χ0) is 25.5. The quantitative estimate of drug-likeness (QED) is 0.465. The molecule has 188 valence electrons. The number of amides is 3. The Morgan fingerprint density at radius 2 is 1.73 bits per heavy atom. The zero-order valence-corrected chi connectivity index (χ0v) is 21.7. The Morgan fingerprint density at radius 3 is 2.51 bits per heavy atom. The van der Waals surface area contributed by atoms with E-state index < -0.39 is 6.04 Å². The molecule has 3 aliphatic rings. The number of likely N-dealkylation sites (tertiary alicyclic amines) is 1. The van der Waals surface area contributed by atoms with Crippen LogP contribution in [-0.2, 0) is 22.7 Å². The van der Waals surface area contributed by atoms with Crippen LogP contribution in [0.1, 0.15) is 34.3 Å². The summed E-state index contributed by atoms with van der Waals surface area (Å²) in [6.45, 7) is 3.30. The van der Waals surface area contributed by atoms with E-state index in [1.807, 2.05) is 36.0 Å². The number of rotatable bonds is 6. The molecule has 0 saturated carbocycles. The number of imide groups is 1. The molecule has 3 heterocycles. The van der Waals surface area contributed by atoms with Crippen LogP contribution in [-0.4, -0.2) is 51.9 Å². The van der Waals surface area contributed by atoms with Gasteiger partial charge in [-0.15, -0.1) is 11.8 Å². The van der Waals surface area contributed by atoms with Gasteiger partial charge in [0.15, 0.2) is 0 Å². The number of piperidine rings is 1. The van der Waals surface area contributed by atoms with Gasteiger partial charge in [0.25, 0.3) is 5.91 Å². The van der Waals surface area contributed by atoms with E-state index in [1.54, 1.807) is 4.90 Å². The molecule has 1 atom stereocenters. The number of carbonyl (C=O) groups excluding carboxylic acids is 3. The van der Waals surface area contributed by atoms with Gasteiger partial charge in [-0.3, -0.25) is 24.6 Å². The lowest BCUT2D eigenvalue weighted by Crippen LogP contribution is -2.52. The number of thioether (sulfide) groups is 1. The van der Waals surface area contributed by atoms with Gasteiger partial charge in [-0.25, -0.2) is 0 Å². The van der Waals surface area contributed by atoms with Gasteiger partial charge in [-0.05, 0) is 59.0 Å². The molecule has 6 nitrogen and oxygen atoms in total. The lowest BCUT2D eigenvalue weighted by molar-refractivity contribution is -0.136. The largest absolute Gasteiger partial charge is 0.322 e. The van der Waals surface area contributed by atoms with Crippen LogP contribution in [0.15, 0.2) is 71.6 Å². The van der Waals surface area contributed by atoms with Crippen LogP contribution < -0.4 is 5.32 Å². The molecule has 1 N–H and O–H groups in total. The van der Waals surface area contributed by atoms with Gasteiger partial charge < -0.3 is 4.90 Å². The summed E-state index contributed by atoms with van der Waals surface area (Å²) in [6.07, 6.45) is 0.644. The topological polar surface area (TPSA) is 69.7 Å². The molecule has 3 aliphatic heterocycles. The maximum absolute atomic E-state index is 12.9. The van der Waals surface area contributed by atoms with Gasteiger partial charge in [0, 0.05) is 53.3 Å². The maximum atomic E-state index is 12.9. The van der Waals surface area contributed by atoms with Crippen LogP contribution in [0.25, 0.3) is 11.1 Å². The lowest BCUT2D eigenvalue weighted by Gasteiger charge is -2.39. The molecular weight excluding hydrogens is 506 g/mol. The highest BCUT2D eigenvalue weighted by Crippen LogP contribution is 2.36. The van der Waals surface area contributed by atoms with E-state index in [2.05, 4.69) is 52.7 Å². The van der Waals surface area contributed by atoms with Crippen molar-refractivity contribution in [2.24, 2.45) is 0 Å². The average molecular weight is 532 g/mol. The van der Waals surface area contributed by atoms with Crippen molar-refractivity contribution < 1.29 is 14.4 Å². The first-order valence-electron chi connectivity index (χ1n) is 12.4. The van der Waals surface area contributed by atoms with Gasteiger partial charge in [0.2, 0.25) is 11.8 Å². The van der Waals surface area contributed by atoms with Crippen molar-refractivity contribution in [3.63, 3.8) is 0 Å². The highest BCUT2D eigenvalue weighted by molar-refractivity contribution is 8.00. The fourth-order valence-corrected chi connectivity index (χ4v) is 6.79. The first kappa shape index (κ1) is 24.2. The van der Waals surface area contributed by atoms with Gasteiger partial charge in [0.1, 0.15) is 6.04 Å². The van der Waals surface area contributed by atoms with Crippen molar-refractivity contribution in [1.29, 1.82) is 0 Å². The fourth-order valence-electron chi connectivity index (χ4n) is 5.35. The normalized spacial score (nSPS) is 20.1. The van der Waals surface area contributed by atoms with Crippen LogP contribution in [0, 0.1) is 0 Å². The molecule has 0 aliphatic carbocycles. The van der Waals surface area contributed by atoms with Gasteiger partial charge in [-0.1, -0.05) is 48.0 Å². The fraction of sp³-hybridized carbons (Fsp3) is 0.276. The standard InChI is InChI=1S/C29H26ClN3O3S/c30-21-7-5-18(6-8-21)24-4-2-1-3-19(24)14-32-16-23(17-32)37-22-9-10-25-20(13-22)15-33(29(25)36)26-11-12-27(34)31-28(26)35/h1-10,13,23,26H,11-12,14-17H2,(H,31,34,35). The highest BCUT2D eigenvalue weighted by Gasteiger charge is 2.39. The van der Waals surface area contributed by atoms with Gasteiger partial charge >= 0.3 is 0 Å². The molecule has 37 heavy (non-hydrogen) atoms. The average Bonchev–Trinajstić information content (AvgIpc) is 3.19. The van der Waals surface area contributed by atoms with E-state index >= 15 is 0 Å². The van der Waals surface area contributed by atoms with Crippen LogP contribution in [0.2, 0.25) is 5.02 Å². The number of hydrogen-bond donors (Lipinski definition) is 1. The summed E-state index contributed by atoms with van der Waals surface area (Å²) in [7, 11) is 0. The Kier molecular flexibility index (Phi) is 6.53. The molecule has 3 amide bonds. The van der Waals surface area contributed by atoms with Crippen molar-refractivity contribution in [2.45, 2.75) is 42.1 Å². The van der Waals surface area contributed by atoms with Crippen molar-refractivity contribution in [1.82, 2.24) is 15.1 Å². The Bertz CT molecular complexity index is 1390. The van der Waals surface area contributed by atoms with E-state index in [4.69, 9.17) is 11.6 Å². The number of hydrogen-bond acceptors (Lipinski definition) is 5. The molecule has 1 unspecified atom stereocenters. The number of nitrogens with zero attached hydrogens (tertiary/aromatic N) is 2. The molecule has 3 aromatic carbocycles. The van der Waals surface area contributed by atoms with Gasteiger partial charge in [0.05, 0.1) is 0 Å². The predicted molar refractivity (Wildman–Crippen MR) is 144 cm³/mol. The second kappa shape index (κ2) is 9.97. The minimum absolute atomic E-state index is 0.129. The van der Waals surface area contributed by atoms with Crippen LogP contribution >= 0.6 is 23.4 Å². The van der Waals surface area contributed by atoms with Crippen molar-refractivity contribution in [3.8, 4) is 11.1 Å². The van der Waals surface area contributed by atoms with E-state index in [0.29, 0.717) is 23.8 Å². The minimum atomic E-state index is -0.579. The lowest BCUT2D eigenvalue weighted by atomic mass is 9.98. The molecule has 2 fully saturated rings. The van der Waals surface area contributed by atoms with Crippen LogP contribution in [0.4, 0.5) is 0 Å². The van der Waals surface area contributed by atoms with Crippen LogP contribution in [0.5, 0.6) is 0 Å². The van der Waals surface area contributed by atoms with Crippen molar-refractivity contribution in [3.05, 3.63) is 88.4 Å². The number of carbonyl (C=O) groups is 3.